The number of aryl methyl sites for hydroxylation is 2. The van der Waals surface area contributed by atoms with Crippen LogP contribution in [0.4, 0.5) is 5.82 Å². The summed E-state index contributed by atoms with van der Waals surface area (Å²) in [5, 5.41) is 3.91. The van der Waals surface area contributed by atoms with Crippen molar-refractivity contribution < 1.29 is 4.74 Å². The van der Waals surface area contributed by atoms with Crippen LogP contribution < -0.4 is 15.0 Å². The largest absolute Gasteiger partial charge is 0.493 e. The number of benzene rings is 1. The molecule has 0 bridgehead atoms. The average molecular weight is 367 g/mol. The predicted octanol–water partition coefficient (Wildman–Crippen LogP) is 3.74. The molecule has 1 fully saturated rings. The number of ether oxygens (including phenoxy) is 1. The Morgan fingerprint density at radius 3 is 2.74 bits per heavy atom. The molecule has 3 heterocycles. The highest BCUT2D eigenvalue weighted by atomic mass is 16.5. The van der Waals surface area contributed by atoms with Crippen LogP contribution in [0.15, 0.2) is 24.3 Å². The minimum Gasteiger partial charge on any atom is -0.493 e. The van der Waals surface area contributed by atoms with Gasteiger partial charge in [-0.05, 0) is 50.3 Å². The zero-order valence-electron chi connectivity index (χ0n) is 16.7. The van der Waals surface area contributed by atoms with Crippen LogP contribution in [0.2, 0.25) is 0 Å². The number of nitrogens with zero attached hydrogens (tertiary/aromatic N) is 3. The fourth-order valence-corrected chi connectivity index (χ4v) is 4.29. The summed E-state index contributed by atoms with van der Waals surface area (Å²) in [5.41, 5.74) is 3.80. The van der Waals surface area contributed by atoms with E-state index in [1.807, 2.05) is 13.8 Å². The summed E-state index contributed by atoms with van der Waals surface area (Å²) < 4.78 is 5.65. The molecule has 144 valence electrons. The first-order valence-electron chi connectivity index (χ1n) is 10.2. The molecular formula is C22H30N4O. The molecule has 1 N–H and O–H groups in total. The van der Waals surface area contributed by atoms with Gasteiger partial charge in [0.2, 0.25) is 0 Å². The van der Waals surface area contributed by atoms with E-state index in [4.69, 9.17) is 4.74 Å². The highest BCUT2D eigenvalue weighted by Gasteiger charge is 2.24. The van der Waals surface area contributed by atoms with Crippen molar-refractivity contribution >= 4 is 5.82 Å². The van der Waals surface area contributed by atoms with Crippen molar-refractivity contribution in [3.8, 4) is 5.75 Å². The van der Waals surface area contributed by atoms with Crippen LogP contribution in [0.25, 0.3) is 0 Å². The van der Waals surface area contributed by atoms with Gasteiger partial charge in [-0.3, -0.25) is 0 Å². The second-order valence-corrected chi connectivity index (χ2v) is 7.77. The monoisotopic (exact) mass is 366 g/mol. The van der Waals surface area contributed by atoms with Crippen molar-refractivity contribution in [3.63, 3.8) is 0 Å². The van der Waals surface area contributed by atoms with Gasteiger partial charge in [-0.15, -0.1) is 0 Å². The summed E-state index contributed by atoms with van der Waals surface area (Å²) in [7, 11) is 0. The number of aromatic nitrogens is 2. The van der Waals surface area contributed by atoms with Gasteiger partial charge >= 0.3 is 0 Å². The normalized spacial score (nSPS) is 18.3. The van der Waals surface area contributed by atoms with E-state index in [0.717, 1.165) is 68.5 Å². The minimum atomic E-state index is 0.413. The van der Waals surface area contributed by atoms with E-state index in [0.29, 0.717) is 12.1 Å². The van der Waals surface area contributed by atoms with Crippen LogP contribution in [-0.2, 0) is 6.42 Å². The van der Waals surface area contributed by atoms with E-state index in [9.17, 15) is 0 Å². The van der Waals surface area contributed by atoms with Crippen molar-refractivity contribution in [3.05, 3.63) is 46.9 Å². The maximum atomic E-state index is 5.65. The molecule has 0 aliphatic carbocycles. The van der Waals surface area contributed by atoms with Crippen molar-refractivity contribution in [2.24, 2.45) is 0 Å². The van der Waals surface area contributed by atoms with E-state index < -0.39 is 0 Å². The molecule has 1 saturated heterocycles. The van der Waals surface area contributed by atoms with Gasteiger partial charge in [0.05, 0.1) is 6.61 Å². The Kier molecular flexibility index (Phi) is 5.30. The first-order valence-corrected chi connectivity index (χ1v) is 10.2. The van der Waals surface area contributed by atoms with Crippen LogP contribution in [0.3, 0.4) is 0 Å². The fourth-order valence-electron chi connectivity index (χ4n) is 4.29. The molecule has 1 aromatic carbocycles. The van der Waals surface area contributed by atoms with E-state index in [2.05, 4.69) is 51.4 Å². The third kappa shape index (κ3) is 4.08. The minimum absolute atomic E-state index is 0.413. The van der Waals surface area contributed by atoms with E-state index in [-0.39, 0.29) is 0 Å². The zero-order valence-corrected chi connectivity index (χ0v) is 16.7. The number of nitrogens with one attached hydrogen (secondary N) is 1. The van der Waals surface area contributed by atoms with Crippen LogP contribution in [0, 0.1) is 13.8 Å². The third-order valence-electron chi connectivity index (χ3n) is 5.73. The lowest BCUT2D eigenvalue weighted by Crippen LogP contribution is -2.44. The molecule has 2 aliphatic rings. The highest BCUT2D eigenvalue weighted by molar-refractivity contribution is 5.41. The molecule has 0 saturated carbocycles. The van der Waals surface area contributed by atoms with Gasteiger partial charge in [0.15, 0.2) is 0 Å². The first-order chi connectivity index (χ1) is 13.1. The predicted molar refractivity (Wildman–Crippen MR) is 109 cm³/mol. The first kappa shape index (κ1) is 18.2. The maximum absolute atomic E-state index is 5.65. The Hall–Kier alpha value is -2.14. The second kappa shape index (κ2) is 7.85. The standard InChI is InChI=1S/C22H30N4O/c1-4-20(17-5-6-21-18(14-17)9-12-27-21)25-19-7-10-26(11-8-19)22-13-15(2)23-16(3)24-22/h5-6,13-14,19-20,25H,4,7-12H2,1-3H3. The Bertz CT molecular complexity index is 779. The Balaban J connectivity index is 1.37. The topological polar surface area (TPSA) is 50.3 Å². The summed E-state index contributed by atoms with van der Waals surface area (Å²) >= 11 is 0. The average Bonchev–Trinajstić information content (AvgIpc) is 3.13. The number of rotatable bonds is 5. The molecule has 4 rings (SSSR count). The number of anilines is 1. The third-order valence-corrected chi connectivity index (χ3v) is 5.73. The van der Waals surface area contributed by atoms with Gasteiger partial charge in [0, 0.05) is 43.4 Å². The van der Waals surface area contributed by atoms with E-state index in [1.165, 1.54) is 11.1 Å². The van der Waals surface area contributed by atoms with Gasteiger partial charge in [-0.1, -0.05) is 19.1 Å². The molecule has 2 aliphatic heterocycles. The Morgan fingerprint density at radius 1 is 1.19 bits per heavy atom. The summed E-state index contributed by atoms with van der Waals surface area (Å²) in [6.45, 7) is 9.19. The molecule has 2 aromatic rings. The molecule has 27 heavy (non-hydrogen) atoms. The van der Waals surface area contributed by atoms with Gasteiger partial charge in [0.1, 0.15) is 17.4 Å². The lowest BCUT2D eigenvalue weighted by Gasteiger charge is -2.35. The molecule has 5 nitrogen and oxygen atoms in total. The molecule has 1 aromatic heterocycles. The zero-order chi connectivity index (χ0) is 18.8. The second-order valence-electron chi connectivity index (χ2n) is 7.77. The summed E-state index contributed by atoms with van der Waals surface area (Å²) in [5.74, 6) is 3.00. The van der Waals surface area contributed by atoms with Crippen molar-refractivity contribution in [1.82, 2.24) is 15.3 Å². The SMILES string of the molecule is CCC(NC1CCN(c2cc(C)nc(C)n2)CC1)c1ccc2c(c1)CCO2. The Morgan fingerprint density at radius 2 is 2.00 bits per heavy atom. The van der Waals surface area contributed by atoms with E-state index >= 15 is 0 Å². The number of hydrogen-bond acceptors (Lipinski definition) is 5. The highest BCUT2D eigenvalue weighted by Crippen LogP contribution is 2.30. The van der Waals surface area contributed by atoms with Crippen molar-refractivity contribution in [1.29, 1.82) is 0 Å². The molecule has 1 atom stereocenters. The Labute approximate surface area is 162 Å². The molecule has 5 heteroatoms. The summed E-state index contributed by atoms with van der Waals surface area (Å²) in [6.07, 6.45) is 4.43. The lowest BCUT2D eigenvalue weighted by molar-refractivity contribution is 0.356. The smallest absolute Gasteiger partial charge is 0.132 e. The molecule has 0 spiro atoms. The van der Waals surface area contributed by atoms with Crippen LogP contribution in [0.5, 0.6) is 5.75 Å². The number of hydrogen-bond donors (Lipinski definition) is 1. The number of fused-ring (bicyclic) bond motifs is 1. The molecular weight excluding hydrogens is 336 g/mol. The molecule has 0 radical (unpaired) electrons. The van der Waals surface area contributed by atoms with Gasteiger partial charge in [-0.2, -0.15) is 0 Å². The van der Waals surface area contributed by atoms with Crippen LogP contribution in [-0.4, -0.2) is 35.7 Å². The number of piperidine rings is 1. The van der Waals surface area contributed by atoms with Gasteiger partial charge < -0.3 is 15.0 Å². The molecule has 0 amide bonds. The van der Waals surface area contributed by atoms with Crippen molar-refractivity contribution in [2.45, 2.75) is 58.5 Å². The maximum Gasteiger partial charge on any atom is 0.132 e. The summed E-state index contributed by atoms with van der Waals surface area (Å²) in [4.78, 5) is 11.4. The van der Waals surface area contributed by atoms with E-state index in [1.54, 1.807) is 0 Å². The lowest BCUT2D eigenvalue weighted by atomic mass is 9.97. The van der Waals surface area contributed by atoms with Crippen LogP contribution in [0.1, 0.15) is 54.9 Å². The molecule has 1 unspecified atom stereocenters. The fraction of sp³-hybridized carbons (Fsp3) is 0.545. The van der Waals surface area contributed by atoms with Gasteiger partial charge in [0.25, 0.3) is 0 Å². The summed E-state index contributed by atoms with van der Waals surface area (Å²) in [6, 6.07) is 9.78. The van der Waals surface area contributed by atoms with Crippen LogP contribution >= 0.6 is 0 Å². The van der Waals surface area contributed by atoms with Crippen molar-refractivity contribution in [2.75, 3.05) is 24.6 Å². The quantitative estimate of drug-likeness (QED) is 0.874. The van der Waals surface area contributed by atoms with Gasteiger partial charge in [-0.25, -0.2) is 9.97 Å².